The number of azo groups is 1. The van der Waals surface area contributed by atoms with Crippen molar-refractivity contribution >= 4 is 27.5 Å². The van der Waals surface area contributed by atoms with Crippen molar-refractivity contribution in [3.63, 3.8) is 0 Å². The molecule has 0 fully saturated rings. The number of imide groups is 1. The number of unbranched alkanes of at least 4 members (excludes halogenated alkanes) is 2. The zero-order valence-corrected chi connectivity index (χ0v) is 25.3. The van der Waals surface area contributed by atoms with E-state index >= 15 is 0 Å². The summed E-state index contributed by atoms with van der Waals surface area (Å²) in [6, 6.07) is 6.67. The number of amides is 2. The van der Waals surface area contributed by atoms with E-state index in [-0.39, 0.29) is 33.6 Å². The average molecular weight is 573 g/mol. The smallest absolute Gasteiger partial charge is 0.270 e. The maximum absolute atomic E-state index is 14.0. The first kappa shape index (κ1) is 33.3. The summed E-state index contributed by atoms with van der Waals surface area (Å²) in [6.07, 6.45) is 8.01. The van der Waals surface area contributed by atoms with Gasteiger partial charge in [0, 0.05) is 13.1 Å². The molecule has 1 aliphatic rings. The number of carbonyl (C=O) groups excluding carboxylic acids is 2. The molecule has 1 heterocycles. The van der Waals surface area contributed by atoms with E-state index in [1.54, 1.807) is 28.6 Å². The van der Waals surface area contributed by atoms with Gasteiger partial charge in [-0.2, -0.15) is 19.8 Å². The number of hydrogen-bond donors (Lipinski definition) is 1. The van der Waals surface area contributed by atoms with Crippen LogP contribution in [0.15, 0.2) is 50.5 Å². The first-order chi connectivity index (χ1) is 19.0. The number of rotatable bonds is 16. The molecular weight excluding hydrogens is 528 g/mol. The van der Waals surface area contributed by atoms with Gasteiger partial charge in [-0.15, -0.1) is 0 Å². The largest absolute Gasteiger partial charge is 0.285 e. The maximum atomic E-state index is 14.0. The molecule has 0 bridgehead atoms. The Hall–Kier alpha value is -2.94. The van der Waals surface area contributed by atoms with Gasteiger partial charge in [-0.1, -0.05) is 72.3 Å². The lowest BCUT2D eigenvalue weighted by atomic mass is 9.97. The minimum atomic E-state index is -3.84. The van der Waals surface area contributed by atoms with Crippen molar-refractivity contribution in [2.45, 2.75) is 96.9 Å². The van der Waals surface area contributed by atoms with Crippen LogP contribution in [0.5, 0.6) is 0 Å². The summed E-state index contributed by atoms with van der Waals surface area (Å²) in [5, 5.41) is 17.8. The third-order valence-corrected chi connectivity index (χ3v) is 9.40. The Morgan fingerprint density at radius 2 is 1.62 bits per heavy atom. The number of hydrazine groups is 1. The number of hydrogen-bond acceptors (Lipinski definition) is 8. The van der Waals surface area contributed by atoms with Gasteiger partial charge in [-0.25, -0.2) is 19.3 Å². The number of carbonyl (C=O) groups is 2. The fraction of sp³-hybridized carbons (Fsp3) is 0.621. The van der Waals surface area contributed by atoms with Gasteiger partial charge in [0.1, 0.15) is 11.6 Å². The van der Waals surface area contributed by atoms with E-state index < -0.39 is 27.9 Å². The van der Waals surface area contributed by atoms with Gasteiger partial charge in [-0.05, 0) is 55.4 Å². The van der Waals surface area contributed by atoms with Crippen LogP contribution in [0.2, 0.25) is 0 Å². The van der Waals surface area contributed by atoms with E-state index in [2.05, 4.69) is 37.9 Å². The van der Waals surface area contributed by atoms with Crippen LogP contribution in [-0.2, 0) is 19.6 Å². The summed E-state index contributed by atoms with van der Waals surface area (Å²) in [4.78, 5) is 24.7. The molecule has 0 aliphatic carbocycles. The Morgan fingerprint density at radius 3 is 2.12 bits per heavy atom. The monoisotopic (exact) mass is 572 g/mol. The fourth-order valence-electron chi connectivity index (χ4n) is 4.78. The summed E-state index contributed by atoms with van der Waals surface area (Å²) in [7, 11) is -3.84. The highest BCUT2D eigenvalue weighted by Gasteiger charge is 2.38. The van der Waals surface area contributed by atoms with E-state index in [4.69, 9.17) is 5.84 Å². The van der Waals surface area contributed by atoms with Gasteiger partial charge in [0.05, 0.1) is 10.6 Å². The summed E-state index contributed by atoms with van der Waals surface area (Å²) in [5.74, 6) is 4.39. The molecule has 0 saturated heterocycles. The van der Waals surface area contributed by atoms with Crippen molar-refractivity contribution in [3.05, 3.63) is 35.4 Å². The average Bonchev–Trinajstić information content (AvgIpc) is 2.95. The van der Waals surface area contributed by atoms with Crippen molar-refractivity contribution in [3.8, 4) is 6.07 Å². The zero-order chi connectivity index (χ0) is 29.9. The van der Waals surface area contributed by atoms with E-state index in [1.807, 2.05) is 0 Å². The SMILES string of the molecule is CCCCC(CC)CN(CC(CC)CCCC)S(=O)(=O)c1cccc(/N=N/C2C(=O)N(N)C(=O)C(C#N)=C2C)c1. The van der Waals surface area contributed by atoms with Gasteiger partial charge < -0.3 is 0 Å². The Bertz CT molecular complexity index is 1220. The summed E-state index contributed by atoms with van der Waals surface area (Å²) < 4.78 is 29.6. The lowest BCUT2D eigenvalue weighted by molar-refractivity contribution is -0.144. The Balaban J connectivity index is 2.42. The Labute approximate surface area is 239 Å². The second-order valence-corrected chi connectivity index (χ2v) is 12.4. The van der Waals surface area contributed by atoms with Crippen LogP contribution in [0.25, 0.3) is 0 Å². The van der Waals surface area contributed by atoms with Gasteiger partial charge in [0.25, 0.3) is 11.8 Å². The van der Waals surface area contributed by atoms with E-state index in [0.717, 1.165) is 51.4 Å². The molecule has 1 aliphatic heterocycles. The molecule has 40 heavy (non-hydrogen) atoms. The highest BCUT2D eigenvalue weighted by atomic mass is 32.2. The van der Waals surface area contributed by atoms with Gasteiger partial charge in [0.2, 0.25) is 10.0 Å². The Morgan fingerprint density at radius 1 is 1.05 bits per heavy atom. The molecule has 0 aromatic heterocycles. The highest BCUT2D eigenvalue weighted by molar-refractivity contribution is 7.89. The molecule has 3 unspecified atom stereocenters. The number of nitrogens with two attached hydrogens (primary N) is 1. The summed E-state index contributed by atoms with van der Waals surface area (Å²) in [5.41, 5.74) is 0.116. The lowest BCUT2D eigenvalue weighted by Gasteiger charge is -2.30. The van der Waals surface area contributed by atoms with Crippen molar-refractivity contribution < 1.29 is 18.0 Å². The van der Waals surface area contributed by atoms with E-state index in [0.29, 0.717) is 18.1 Å². The van der Waals surface area contributed by atoms with Gasteiger partial charge in [0.15, 0.2) is 6.04 Å². The van der Waals surface area contributed by atoms with E-state index in [9.17, 15) is 23.3 Å². The van der Waals surface area contributed by atoms with Crippen LogP contribution >= 0.6 is 0 Å². The normalized spacial score (nSPS) is 18.1. The summed E-state index contributed by atoms with van der Waals surface area (Å²) in [6.45, 7) is 10.9. The van der Waals surface area contributed by atoms with Crippen LogP contribution in [0.4, 0.5) is 5.69 Å². The third kappa shape index (κ3) is 8.29. The minimum absolute atomic E-state index is 0.107. The maximum Gasteiger partial charge on any atom is 0.285 e. The molecule has 0 spiro atoms. The molecule has 0 radical (unpaired) electrons. The van der Waals surface area contributed by atoms with Crippen LogP contribution in [0.3, 0.4) is 0 Å². The van der Waals surface area contributed by atoms with Gasteiger partial charge >= 0.3 is 0 Å². The molecule has 220 valence electrons. The van der Waals surface area contributed by atoms with Crippen molar-refractivity contribution in [2.75, 3.05) is 13.1 Å². The third-order valence-electron chi connectivity index (χ3n) is 7.57. The minimum Gasteiger partial charge on any atom is -0.270 e. The Kier molecular flexibility index (Phi) is 13.1. The van der Waals surface area contributed by atoms with Gasteiger partial charge in [-0.3, -0.25) is 9.59 Å². The molecule has 2 N–H and O–H groups in total. The molecule has 10 nitrogen and oxygen atoms in total. The second-order valence-electron chi connectivity index (χ2n) is 10.5. The number of sulfonamides is 1. The van der Waals surface area contributed by atoms with Crippen molar-refractivity contribution in [1.29, 1.82) is 5.26 Å². The van der Waals surface area contributed by atoms with Crippen LogP contribution < -0.4 is 5.84 Å². The molecule has 3 atom stereocenters. The van der Waals surface area contributed by atoms with Crippen LogP contribution in [0.1, 0.15) is 86.0 Å². The van der Waals surface area contributed by atoms with E-state index in [1.165, 1.54) is 13.0 Å². The first-order valence-electron chi connectivity index (χ1n) is 14.3. The van der Waals surface area contributed by atoms with Crippen molar-refractivity contribution in [2.24, 2.45) is 27.9 Å². The molecule has 2 amide bonds. The molecular formula is C29H44N6O4S. The number of nitrogens with zero attached hydrogens (tertiary/aromatic N) is 5. The quantitative estimate of drug-likeness (QED) is 0.117. The first-order valence-corrected chi connectivity index (χ1v) is 15.7. The summed E-state index contributed by atoms with van der Waals surface area (Å²) >= 11 is 0. The van der Waals surface area contributed by atoms with Crippen LogP contribution in [0, 0.1) is 23.2 Å². The fourth-order valence-corrected chi connectivity index (χ4v) is 6.41. The predicted molar refractivity (Wildman–Crippen MR) is 154 cm³/mol. The second kappa shape index (κ2) is 15.7. The number of nitriles is 1. The topological polar surface area (TPSA) is 149 Å². The predicted octanol–water partition coefficient (Wildman–Crippen LogP) is 5.64. The zero-order valence-electron chi connectivity index (χ0n) is 24.5. The highest BCUT2D eigenvalue weighted by Crippen LogP contribution is 2.28. The standard InChI is InChI=1S/C29H44N6O4S/c1-6-10-13-22(8-3)19-34(20-23(9-4)14-11-7-2)40(38,39)25-16-12-15-24(17-25)32-33-27-21(5)26(18-30)28(36)35(31)29(27)37/h12,15-17,22-23,27H,6-11,13-14,19-20,31H2,1-5H3/b33-32+. The molecule has 1 aromatic rings. The lowest BCUT2D eigenvalue weighted by Crippen LogP contribution is -2.51. The molecule has 2 rings (SSSR count). The molecule has 1 aromatic carbocycles. The molecule has 11 heteroatoms. The molecule has 0 saturated carbocycles. The number of benzene rings is 1. The van der Waals surface area contributed by atoms with Crippen LogP contribution in [-0.4, -0.2) is 48.7 Å². The van der Waals surface area contributed by atoms with Crippen molar-refractivity contribution in [1.82, 2.24) is 9.31 Å².